The molecule has 0 atom stereocenters. The van der Waals surface area contributed by atoms with Crippen molar-refractivity contribution in [2.24, 2.45) is 0 Å². The number of nitrogens with one attached hydrogen (secondary N) is 2. The molecular formula is C26H29N3O4S. The molecule has 8 heteroatoms. The molecule has 0 radical (unpaired) electrons. The van der Waals surface area contributed by atoms with Crippen LogP contribution >= 0.6 is 0 Å². The van der Waals surface area contributed by atoms with Crippen LogP contribution in [0.25, 0.3) is 0 Å². The highest BCUT2D eigenvalue weighted by atomic mass is 32.2. The smallest absolute Gasteiger partial charge is 0.261 e. The monoisotopic (exact) mass is 479 g/mol. The van der Waals surface area contributed by atoms with E-state index < -0.39 is 10.0 Å². The molecule has 0 unspecified atom stereocenters. The SMILES string of the molecule is Cc1c(NS(=O)(=O)c2ccccc2)cccc1C(=O)NCc1cccc(CN2CCOCC2)c1. The van der Waals surface area contributed by atoms with Crippen molar-refractivity contribution in [3.63, 3.8) is 0 Å². The molecule has 1 aliphatic rings. The van der Waals surface area contributed by atoms with Gasteiger partial charge in [0.1, 0.15) is 0 Å². The minimum Gasteiger partial charge on any atom is -0.379 e. The number of morpholine rings is 1. The van der Waals surface area contributed by atoms with E-state index in [1.165, 1.54) is 17.7 Å². The summed E-state index contributed by atoms with van der Waals surface area (Å²) in [5.74, 6) is -0.253. The van der Waals surface area contributed by atoms with Gasteiger partial charge >= 0.3 is 0 Å². The van der Waals surface area contributed by atoms with Gasteiger partial charge in [0.25, 0.3) is 15.9 Å². The number of nitrogens with zero attached hydrogens (tertiary/aromatic N) is 1. The molecule has 1 aliphatic heterocycles. The van der Waals surface area contributed by atoms with Gasteiger partial charge in [0.2, 0.25) is 0 Å². The summed E-state index contributed by atoms with van der Waals surface area (Å²) in [5.41, 5.74) is 3.59. The lowest BCUT2D eigenvalue weighted by Gasteiger charge is -2.26. The average molecular weight is 480 g/mol. The number of rotatable bonds is 8. The van der Waals surface area contributed by atoms with Crippen molar-refractivity contribution < 1.29 is 17.9 Å². The fraction of sp³-hybridized carbons (Fsp3) is 0.269. The van der Waals surface area contributed by atoms with Gasteiger partial charge in [-0.15, -0.1) is 0 Å². The number of anilines is 1. The largest absolute Gasteiger partial charge is 0.379 e. The number of hydrogen-bond donors (Lipinski definition) is 2. The maximum atomic E-state index is 12.9. The molecule has 7 nitrogen and oxygen atoms in total. The molecule has 1 saturated heterocycles. The van der Waals surface area contributed by atoms with Crippen LogP contribution in [0.5, 0.6) is 0 Å². The van der Waals surface area contributed by atoms with E-state index in [2.05, 4.69) is 27.1 Å². The van der Waals surface area contributed by atoms with Gasteiger partial charge in [-0.1, -0.05) is 48.5 Å². The molecule has 1 amide bonds. The molecule has 2 N–H and O–H groups in total. The lowest BCUT2D eigenvalue weighted by Crippen LogP contribution is -2.35. The molecule has 1 heterocycles. The predicted octanol–water partition coefficient (Wildman–Crippen LogP) is 3.56. The van der Waals surface area contributed by atoms with Crippen molar-refractivity contribution in [1.82, 2.24) is 10.2 Å². The summed E-state index contributed by atoms with van der Waals surface area (Å²) in [6.45, 7) is 6.34. The van der Waals surface area contributed by atoms with Crippen molar-refractivity contribution in [2.75, 3.05) is 31.0 Å². The first-order valence-electron chi connectivity index (χ1n) is 11.3. The second-order valence-corrected chi connectivity index (χ2v) is 9.97. The molecule has 178 valence electrons. The second-order valence-electron chi connectivity index (χ2n) is 8.29. The van der Waals surface area contributed by atoms with Crippen LogP contribution in [0.15, 0.2) is 77.7 Å². The van der Waals surface area contributed by atoms with Gasteiger partial charge in [0.15, 0.2) is 0 Å². The highest BCUT2D eigenvalue weighted by Gasteiger charge is 2.18. The van der Waals surface area contributed by atoms with Crippen LogP contribution in [-0.4, -0.2) is 45.5 Å². The fourth-order valence-corrected chi connectivity index (χ4v) is 5.07. The molecule has 3 aromatic carbocycles. The molecule has 0 spiro atoms. The number of carbonyl (C=O) groups excluding carboxylic acids is 1. The number of sulfonamides is 1. The number of amides is 1. The fourth-order valence-electron chi connectivity index (χ4n) is 3.93. The van der Waals surface area contributed by atoms with Crippen molar-refractivity contribution in [3.8, 4) is 0 Å². The molecule has 0 aliphatic carbocycles. The Morgan fingerprint density at radius 1 is 0.941 bits per heavy atom. The lowest BCUT2D eigenvalue weighted by molar-refractivity contribution is 0.0342. The number of ether oxygens (including phenoxy) is 1. The Bertz CT molecular complexity index is 1240. The minimum absolute atomic E-state index is 0.168. The first kappa shape index (κ1) is 23.9. The minimum atomic E-state index is -3.74. The number of hydrogen-bond acceptors (Lipinski definition) is 5. The van der Waals surface area contributed by atoms with Crippen LogP contribution in [0.4, 0.5) is 5.69 Å². The molecule has 1 fully saturated rings. The predicted molar refractivity (Wildman–Crippen MR) is 132 cm³/mol. The Morgan fingerprint density at radius 3 is 2.41 bits per heavy atom. The summed E-state index contributed by atoms with van der Waals surface area (Å²) >= 11 is 0. The maximum Gasteiger partial charge on any atom is 0.261 e. The number of benzene rings is 3. The summed E-state index contributed by atoms with van der Waals surface area (Å²) < 4.78 is 33.4. The Labute approximate surface area is 200 Å². The molecule has 0 aromatic heterocycles. The van der Waals surface area contributed by atoms with Crippen molar-refractivity contribution in [1.29, 1.82) is 0 Å². The van der Waals surface area contributed by atoms with E-state index in [0.29, 0.717) is 23.4 Å². The van der Waals surface area contributed by atoms with Gasteiger partial charge in [-0.3, -0.25) is 14.4 Å². The van der Waals surface area contributed by atoms with E-state index in [-0.39, 0.29) is 10.8 Å². The van der Waals surface area contributed by atoms with Crippen molar-refractivity contribution in [2.45, 2.75) is 24.9 Å². The Kier molecular flexibility index (Phi) is 7.62. The normalized spacial score (nSPS) is 14.5. The van der Waals surface area contributed by atoms with Crippen molar-refractivity contribution >= 4 is 21.6 Å². The zero-order valence-corrected chi connectivity index (χ0v) is 20.0. The molecule has 0 bridgehead atoms. The van der Waals surface area contributed by atoms with Crippen LogP contribution in [0.1, 0.15) is 27.0 Å². The summed E-state index contributed by atoms with van der Waals surface area (Å²) in [5, 5.41) is 2.96. The molecular weight excluding hydrogens is 450 g/mol. The van der Waals surface area contributed by atoms with Gasteiger partial charge in [-0.05, 0) is 47.9 Å². The first-order chi connectivity index (χ1) is 16.4. The van der Waals surface area contributed by atoms with Gasteiger partial charge < -0.3 is 10.1 Å². The second kappa shape index (κ2) is 10.8. The highest BCUT2D eigenvalue weighted by Crippen LogP contribution is 2.23. The Hall–Kier alpha value is -3.20. The van der Waals surface area contributed by atoms with Gasteiger partial charge in [-0.2, -0.15) is 0 Å². The van der Waals surface area contributed by atoms with Gasteiger partial charge in [0.05, 0.1) is 23.8 Å². The topological polar surface area (TPSA) is 87.7 Å². The molecule has 34 heavy (non-hydrogen) atoms. The third kappa shape index (κ3) is 6.02. The van der Waals surface area contributed by atoms with E-state index >= 15 is 0 Å². The summed E-state index contributed by atoms with van der Waals surface area (Å²) in [4.78, 5) is 15.4. The Morgan fingerprint density at radius 2 is 1.65 bits per heavy atom. The zero-order valence-electron chi connectivity index (χ0n) is 19.2. The Balaban J connectivity index is 1.41. The molecule has 3 aromatic rings. The first-order valence-corrected chi connectivity index (χ1v) is 12.7. The summed E-state index contributed by atoms with van der Waals surface area (Å²) in [6.07, 6.45) is 0. The molecule has 0 saturated carbocycles. The standard InChI is InChI=1S/C26H29N3O4S/c1-20-24(11-6-12-25(20)28-34(31,32)23-9-3-2-4-10-23)26(30)27-18-21-7-5-8-22(17-21)19-29-13-15-33-16-14-29/h2-12,17,28H,13-16,18-19H2,1H3,(H,27,30). The van der Waals surface area contributed by atoms with Crippen molar-refractivity contribution in [3.05, 3.63) is 95.1 Å². The quantitative estimate of drug-likeness (QED) is 0.516. The van der Waals surface area contributed by atoms with Crippen LogP contribution in [0.3, 0.4) is 0 Å². The third-order valence-electron chi connectivity index (χ3n) is 5.83. The highest BCUT2D eigenvalue weighted by molar-refractivity contribution is 7.92. The van der Waals surface area contributed by atoms with E-state index in [0.717, 1.165) is 38.4 Å². The van der Waals surface area contributed by atoms with Gasteiger partial charge in [-0.25, -0.2) is 8.42 Å². The van der Waals surface area contributed by atoms with E-state index in [1.807, 2.05) is 12.1 Å². The summed E-state index contributed by atoms with van der Waals surface area (Å²) in [6, 6.07) is 21.4. The van der Waals surface area contributed by atoms with Gasteiger partial charge in [0, 0.05) is 31.7 Å². The van der Waals surface area contributed by atoms with Crippen LogP contribution in [-0.2, 0) is 27.8 Å². The zero-order chi connectivity index (χ0) is 24.0. The third-order valence-corrected chi connectivity index (χ3v) is 7.21. The van der Waals surface area contributed by atoms with E-state index in [1.54, 1.807) is 43.3 Å². The van der Waals surface area contributed by atoms with Crippen LogP contribution < -0.4 is 10.0 Å². The van der Waals surface area contributed by atoms with E-state index in [9.17, 15) is 13.2 Å². The van der Waals surface area contributed by atoms with Crippen LogP contribution in [0.2, 0.25) is 0 Å². The maximum absolute atomic E-state index is 12.9. The molecule has 4 rings (SSSR count). The summed E-state index contributed by atoms with van der Waals surface area (Å²) in [7, 11) is -3.74. The van der Waals surface area contributed by atoms with Crippen LogP contribution in [0, 0.1) is 6.92 Å². The van der Waals surface area contributed by atoms with E-state index in [4.69, 9.17) is 4.74 Å². The average Bonchev–Trinajstić information content (AvgIpc) is 2.85. The lowest BCUT2D eigenvalue weighted by atomic mass is 10.1. The number of carbonyl (C=O) groups is 1.